The normalized spacial score (nSPS) is 18.9. The molecule has 0 saturated carbocycles. The number of piperidine rings is 1. The first-order valence-electron chi connectivity index (χ1n) is 7.07. The fourth-order valence-electron chi connectivity index (χ4n) is 2.61. The molecule has 4 nitrogen and oxygen atoms in total. The molecule has 1 fully saturated rings. The predicted octanol–water partition coefficient (Wildman–Crippen LogP) is 2.94. The maximum atomic E-state index is 6.12. The highest BCUT2D eigenvalue weighted by atomic mass is 35.5. The predicted molar refractivity (Wildman–Crippen MR) is 82.7 cm³/mol. The zero-order valence-electron chi connectivity index (χ0n) is 11.3. The minimum absolute atomic E-state index is 0.674. The molecule has 0 radical (unpaired) electrons. The number of hydrogen-bond acceptors (Lipinski definition) is 3. The average Bonchev–Trinajstić information content (AvgIpc) is 3.00. The summed E-state index contributed by atoms with van der Waals surface area (Å²) in [5.74, 6) is 0.674. The lowest BCUT2D eigenvalue weighted by Gasteiger charge is -2.24. The van der Waals surface area contributed by atoms with Gasteiger partial charge in [-0.05, 0) is 56.1 Å². The molecule has 1 aliphatic heterocycles. The number of aromatic nitrogens is 2. The zero-order valence-corrected chi connectivity index (χ0v) is 12.1. The molecule has 1 aliphatic rings. The van der Waals surface area contributed by atoms with Crippen molar-refractivity contribution in [1.82, 2.24) is 15.1 Å². The number of hydrogen-bond donors (Lipinski definition) is 2. The molecule has 1 saturated heterocycles. The summed E-state index contributed by atoms with van der Waals surface area (Å²) in [6, 6.07) is 7.78. The van der Waals surface area contributed by atoms with Gasteiger partial charge in [-0.15, -0.1) is 0 Å². The molecule has 2 heterocycles. The van der Waals surface area contributed by atoms with Gasteiger partial charge >= 0.3 is 0 Å². The monoisotopic (exact) mass is 290 g/mol. The molecule has 2 aromatic rings. The summed E-state index contributed by atoms with van der Waals surface area (Å²) < 4.78 is 1.86. The van der Waals surface area contributed by atoms with Crippen LogP contribution >= 0.6 is 11.6 Å². The Labute approximate surface area is 124 Å². The van der Waals surface area contributed by atoms with Gasteiger partial charge in [0.05, 0.1) is 11.4 Å². The van der Waals surface area contributed by atoms with Crippen LogP contribution in [-0.2, 0) is 0 Å². The summed E-state index contributed by atoms with van der Waals surface area (Å²) in [5.41, 5.74) is 2.06. The first-order chi connectivity index (χ1) is 9.83. The van der Waals surface area contributed by atoms with Crippen LogP contribution in [-0.4, -0.2) is 29.4 Å². The summed E-state index contributed by atoms with van der Waals surface area (Å²) in [6.07, 6.45) is 6.26. The van der Waals surface area contributed by atoms with Crippen LogP contribution in [0.4, 0.5) is 5.69 Å². The highest BCUT2D eigenvalue weighted by Gasteiger charge is 2.13. The lowest BCUT2D eigenvalue weighted by Crippen LogP contribution is -2.33. The minimum atomic E-state index is 0.674. The van der Waals surface area contributed by atoms with Crippen molar-refractivity contribution in [3.8, 4) is 5.69 Å². The van der Waals surface area contributed by atoms with Gasteiger partial charge in [0, 0.05) is 24.0 Å². The summed E-state index contributed by atoms with van der Waals surface area (Å²) >= 11 is 6.12. The van der Waals surface area contributed by atoms with Crippen LogP contribution in [0.2, 0.25) is 5.02 Å². The Morgan fingerprint density at radius 2 is 2.40 bits per heavy atom. The highest BCUT2D eigenvalue weighted by Crippen LogP contribution is 2.24. The smallest absolute Gasteiger partial charge is 0.0877 e. The molecule has 1 aromatic carbocycles. The number of halogens is 1. The van der Waals surface area contributed by atoms with E-state index < -0.39 is 0 Å². The van der Waals surface area contributed by atoms with Crippen LogP contribution in [0.15, 0.2) is 36.7 Å². The van der Waals surface area contributed by atoms with E-state index in [2.05, 4.69) is 15.7 Å². The second kappa shape index (κ2) is 6.29. The van der Waals surface area contributed by atoms with E-state index >= 15 is 0 Å². The van der Waals surface area contributed by atoms with Gasteiger partial charge in [0.1, 0.15) is 0 Å². The van der Waals surface area contributed by atoms with Crippen molar-refractivity contribution in [3.05, 3.63) is 41.7 Å². The number of nitrogens with one attached hydrogen (secondary N) is 2. The van der Waals surface area contributed by atoms with Crippen LogP contribution in [0.3, 0.4) is 0 Å². The third-order valence-electron chi connectivity index (χ3n) is 3.69. The summed E-state index contributed by atoms with van der Waals surface area (Å²) in [7, 11) is 0. The SMILES string of the molecule is Clc1ccc(-n2cccn2)c(NCC2CCCNC2)c1. The molecule has 2 N–H and O–H groups in total. The van der Waals surface area contributed by atoms with Gasteiger partial charge in [0.15, 0.2) is 0 Å². The van der Waals surface area contributed by atoms with Gasteiger partial charge in [0.25, 0.3) is 0 Å². The summed E-state index contributed by atoms with van der Waals surface area (Å²) in [6.45, 7) is 3.19. The maximum Gasteiger partial charge on any atom is 0.0877 e. The van der Waals surface area contributed by atoms with Crippen molar-refractivity contribution < 1.29 is 0 Å². The van der Waals surface area contributed by atoms with E-state index in [0.29, 0.717) is 5.92 Å². The third kappa shape index (κ3) is 3.14. The fourth-order valence-corrected chi connectivity index (χ4v) is 2.79. The molecular weight excluding hydrogens is 272 g/mol. The molecule has 1 aromatic heterocycles. The number of anilines is 1. The molecule has 0 bridgehead atoms. The molecule has 1 unspecified atom stereocenters. The molecule has 20 heavy (non-hydrogen) atoms. The lowest BCUT2D eigenvalue weighted by molar-refractivity contribution is 0.393. The Hall–Kier alpha value is -1.52. The van der Waals surface area contributed by atoms with Gasteiger partial charge in [-0.25, -0.2) is 4.68 Å². The van der Waals surface area contributed by atoms with E-state index in [0.717, 1.165) is 36.0 Å². The Morgan fingerprint density at radius 1 is 1.45 bits per heavy atom. The van der Waals surface area contributed by atoms with Crippen molar-refractivity contribution >= 4 is 17.3 Å². The van der Waals surface area contributed by atoms with Gasteiger partial charge < -0.3 is 10.6 Å². The Bertz CT molecular complexity index is 547. The topological polar surface area (TPSA) is 41.9 Å². The number of rotatable bonds is 4. The fraction of sp³-hybridized carbons (Fsp3) is 0.400. The quantitative estimate of drug-likeness (QED) is 0.910. The van der Waals surface area contributed by atoms with E-state index in [-0.39, 0.29) is 0 Å². The first kappa shape index (κ1) is 13.5. The lowest BCUT2D eigenvalue weighted by atomic mass is 9.99. The van der Waals surface area contributed by atoms with Gasteiger partial charge in [-0.2, -0.15) is 5.10 Å². The molecule has 106 valence electrons. The minimum Gasteiger partial charge on any atom is -0.383 e. The third-order valence-corrected chi connectivity index (χ3v) is 3.93. The standard InChI is InChI=1S/C15H19ClN4/c16-13-4-5-15(20-8-2-7-19-20)14(9-13)18-11-12-3-1-6-17-10-12/h2,4-5,7-9,12,17-18H,1,3,6,10-11H2. The average molecular weight is 291 g/mol. The van der Waals surface area contributed by atoms with Gasteiger partial charge in [-0.1, -0.05) is 11.6 Å². The van der Waals surface area contributed by atoms with E-state index in [1.54, 1.807) is 6.20 Å². The molecule has 0 aliphatic carbocycles. The van der Waals surface area contributed by atoms with Crippen molar-refractivity contribution in [2.24, 2.45) is 5.92 Å². The highest BCUT2D eigenvalue weighted by molar-refractivity contribution is 6.31. The molecule has 0 spiro atoms. The zero-order chi connectivity index (χ0) is 13.8. The van der Waals surface area contributed by atoms with Crippen molar-refractivity contribution in [2.45, 2.75) is 12.8 Å². The molecule has 0 amide bonds. The molecule has 1 atom stereocenters. The summed E-state index contributed by atoms with van der Waals surface area (Å²) in [5, 5.41) is 12.0. The van der Waals surface area contributed by atoms with Crippen LogP contribution in [0.1, 0.15) is 12.8 Å². The Kier molecular flexibility index (Phi) is 4.23. The van der Waals surface area contributed by atoms with Crippen LogP contribution in [0, 0.1) is 5.92 Å². The number of benzene rings is 1. The van der Waals surface area contributed by atoms with E-state index in [4.69, 9.17) is 11.6 Å². The van der Waals surface area contributed by atoms with E-state index in [1.807, 2.05) is 35.1 Å². The van der Waals surface area contributed by atoms with Crippen molar-refractivity contribution in [3.63, 3.8) is 0 Å². The second-order valence-corrected chi connectivity index (χ2v) is 5.64. The van der Waals surface area contributed by atoms with E-state index in [1.165, 1.54) is 12.8 Å². The van der Waals surface area contributed by atoms with Crippen LogP contribution in [0.5, 0.6) is 0 Å². The molecule has 3 rings (SSSR count). The van der Waals surface area contributed by atoms with Gasteiger partial charge in [-0.3, -0.25) is 0 Å². The van der Waals surface area contributed by atoms with Crippen molar-refractivity contribution in [1.29, 1.82) is 0 Å². The van der Waals surface area contributed by atoms with Gasteiger partial charge in [0.2, 0.25) is 0 Å². The van der Waals surface area contributed by atoms with Crippen molar-refractivity contribution in [2.75, 3.05) is 25.0 Å². The first-order valence-corrected chi connectivity index (χ1v) is 7.45. The number of nitrogens with zero attached hydrogens (tertiary/aromatic N) is 2. The van der Waals surface area contributed by atoms with E-state index in [9.17, 15) is 0 Å². The van der Waals surface area contributed by atoms with Crippen LogP contribution in [0.25, 0.3) is 5.69 Å². The second-order valence-electron chi connectivity index (χ2n) is 5.21. The molecular formula is C15H19ClN4. The summed E-state index contributed by atoms with van der Waals surface area (Å²) in [4.78, 5) is 0. The Balaban J connectivity index is 1.75. The Morgan fingerprint density at radius 3 is 3.15 bits per heavy atom. The van der Waals surface area contributed by atoms with Crippen LogP contribution < -0.4 is 10.6 Å². The largest absolute Gasteiger partial charge is 0.383 e. The maximum absolute atomic E-state index is 6.12. The molecule has 5 heteroatoms.